The summed E-state index contributed by atoms with van der Waals surface area (Å²) in [6.07, 6.45) is 0. The van der Waals surface area contributed by atoms with Crippen molar-refractivity contribution in [2.24, 2.45) is 0 Å². The molecule has 0 saturated carbocycles. The average molecular weight is 412 g/mol. The SMILES string of the molecule is COc1ccc(-c2noc(CN(C)C(=O)c3cccc([N+](=O)[O-])c3C)n2)c(OC)c1. The smallest absolute Gasteiger partial charge is 0.273 e. The van der Waals surface area contributed by atoms with Gasteiger partial charge in [0.05, 0.1) is 31.3 Å². The first-order chi connectivity index (χ1) is 14.3. The predicted octanol–water partition coefficient (Wildman–Crippen LogP) is 3.24. The van der Waals surface area contributed by atoms with E-state index < -0.39 is 10.8 Å². The molecule has 10 heteroatoms. The summed E-state index contributed by atoms with van der Waals surface area (Å²) in [7, 11) is 4.63. The molecule has 3 aromatic rings. The highest BCUT2D eigenvalue weighted by Crippen LogP contribution is 2.31. The van der Waals surface area contributed by atoms with E-state index in [4.69, 9.17) is 14.0 Å². The third kappa shape index (κ3) is 4.07. The number of aromatic nitrogens is 2. The molecular weight excluding hydrogens is 392 g/mol. The van der Waals surface area contributed by atoms with E-state index in [9.17, 15) is 14.9 Å². The van der Waals surface area contributed by atoms with Gasteiger partial charge in [0, 0.05) is 30.3 Å². The summed E-state index contributed by atoms with van der Waals surface area (Å²) < 4.78 is 15.8. The van der Waals surface area contributed by atoms with Crippen LogP contribution in [0.5, 0.6) is 11.5 Å². The Kier molecular flexibility index (Phi) is 5.95. The second-order valence-electron chi connectivity index (χ2n) is 6.45. The lowest BCUT2D eigenvalue weighted by molar-refractivity contribution is -0.385. The fraction of sp³-hybridized carbons (Fsp3) is 0.250. The fourth-order valence-electron chi connectivity index (χ4n) is 2.94. The molecule has 3 rings (SSSR count). The zero-order chi connectivity index (χ0) is 21.8. The highest BCUT2D eigenvalue weighted by molar-refractivity contribution is 5.96. The summed E-state index contributed by atoms with van der Waals surface area (Å²) in [5.74, 6) is 1.26. The van der Waals surface area contributed by atoms with Crippen LogP contribution in [-0.4, -0.2) is 47.1 Å². The van der Waals surface area contributed by atoms with Gasteiger partial charge in [0.15, 0.2) is 0 Å². The lowest BCUT2D eigenvalue weighted by atomic mass is 10.1. The van der Waals surface area contributed by atoms with Gasteiger partial charge in [0.2, 0.25) is 11.7 Å². The lowest BCUT2D eigenvalue weighted by Gasteiger charge is -2.16. The third-order valence-corrected chi connectivity index (χ3v) is 4.57. The number of nitro benzene ring substituents is 1. The van der Waals surface area contributed by atoms with Crippen molar-refractivity contribution < 1.29 is 23.7 Å². The summed E-state index contributed by atoms with van der Waals surface area (Å²) in [6.45, 7) is 1.58. The summed E-state index contributed by atoms with van der Waals surface area (Å²) in [5.41, 5.74) is 1.04. The number of ether oxygens (including phenoxy) is 2. The van der Waals surface area contributed by atoms with Gasteiger partial charge in [-0.1, -0.05) is 11.2 Å². The minimum absolute atomic E-state index is 0.0342. The number of hydrogen-bond donors (Lipinski definition) is 0. The minimum Gasteiger partial charge on any atom is -0.497 e. The molecular formula is C20H20N4O6. The van der Waals surface area contributed by atoms with Crippen LogP contribution in [-0.2, 0) is 6.54 Å². The van der Waals surface area contributed by atoms with Crippen LogP contribution in [0, 0.1) is 17.0 Å². The number of carbonyl (C=O) groups excluding carboxylic acids is 1. The summed E-state index contributed by atoms with van der Waals surface area (Å²) in [6, 6.07) is 9.57. The van der Waals surface area contributed by atoms with E-state index in [1.54, 1.807) is 45.3 Å². The number of nitrogens with zero attached hydrogens (tertiary/aromatic N) is 4. The molecule has 0 bridgehead atoms. The first-order valence-electron chi connectivity index (χ1n) is 8.90. The van der Waals surface area contributed by atoms with Crippen LogP contribution in [0.25, 0.3) is 11.4 Å². The molecule has 0 spiro atoms. The molecule has 10 nitrogen and oxygen atoms in total. The largest absolute Gasteiger partial charge is 0.497 e. The molecule has 0 N–H and O–H groups in total. The van der Waals surface area contributed by atoms with Crippen molar-refractivity contribution >= 4 is 11.6 Å². The average Bonchev–Trinajstić information content (AvgIpc) is 3.20. The molecule has 0 aliphatic heterocycles. The van der Waals surface area contributed by atoms with E-state index in [-0.39, 0.29) is 23.7 Å². The Morgan fingerprint density at radius 1 is 1.23 bits per heavy atom. The Hall–Kier alpha value is -3.95. The normalized spacial score (nSPS) is 10.5. The second-order valence-corrected chi connectivity index (χ2v) is 6.45. The number of methoxy groups -OCH3 is 2. The Morgan fingerprint density at radius 2 is 2.00 bits per heavy atom. The van der Waals surface area contributed by atoms with Crippen LogP contribution < -0.4 is 9.47 Å². The molecule has 2 aromatic carbocycles. The van der Waals surface area contributed by atoms with Gasteiger partial charge in [0.1, 0.15) is 11.5 Å². The van der Waals surface area contributed by atoms with Gasteiger partial charge in [0.25, 0.3) is 11.6 Å². The molecule has 0 atom stereocenters. The van der Waals surface area contributed by atoms with E-state index in [2.05, 4.69) is 10.1 Å². The number of rotatable bonds is 7. The first kappa shape index (κ1) is 20.8. The van der Waals surface area contributed by atoms with Crippen LogP contribution in [0.1, 0.15) is 21.8 Å². The predicted molar refractivity (Wildman–Crippen MR) is 106 cm³/mol. The van der Waals surface area contributed by atoms with E-state index in [0.717, 1.165) is 0 Å². The van der Waals surface area contributed by atoms with Crippen molar-refractivity contribution in [3.05, 3.63) is 63.5 Å². The van der Waals surface area contributed by atoms with Gasteiger partial charge in [-0.2, -0.15) is 4.98 Å². The number of nitro groups is 1. The van der Waals surface area contributed by atoms with Crippen molar-refractivity contribution in [2.75, 3.05) is 21.3 Å². The van der Waals surface area contributed by atoms with Gasteiger partial charge in [-0.25, -0.2) is 0 Å². The maximum Gasteiger partial charge on any atom is 0.273 e. The van der Waals surface area contributed by atoms with Crippen molar-refractivity contribution in [1.82, 2.24) is 15.0 Å². The Bertz CT molecular complexity index is 1090. The third-order valence-electron chi connectivity index (χ3n) is 4.57. The molecule has 30 heavy (non-hydrogen) atoms. The van der Waals surface area contributed by atoms with E-state index in [1.807, 2.05) is 0 Å². The Labute approximate surface area is 172 Å². The van der Waals surface area contributed by atoms with Crippen LogP contribution in [0.3, 0.4) is 0 Å². The summed E-state index contributed by atoms with van der Waals surface area (Å²) in [4.78, 5) is 29.1. The monoisotopic (exact) mass is 412 g/mol. The molecule has 0 saturated heterocycles. The fourth-order valence-corrected chi connectivity index (χ4v) is 2.94. The van der Waals surface area contributed by atoms with Gasteiger partial charge in [-0.15, -0.1) is 0 Å². The highest BCUT2D eigenvalue weighted by atomic mass is 16.6. The van der Waals surface area contributed by atoms with Gasteiger partial charge < -0.3 is 18.9 Å². The van der Waals surface area contributed by atoms with E-state index >= 15 is 0 Å². The maximum absolute atomic E-state index is 12.8. The van der Waals surface area contributed by atoms with Crippen LogP contribution in [0.2, 0.25) is 0 Å². The summed E-state index contributed by atoms with van der Waals surface area (Å²) >= 11 is 0. The molecule has 0 unspecified atom stereocenters. The maximum atomic E-state index is 12.8. The number of carbonyl (C=O) groups is 1. The van der Waals surface area contributed by atoms with Crippen molar-refractivity contribution in [2.45, 2.75) is 13.5 Å². The second kappa shape index (κ2) is 8.60. The molecule has 0 aliphatic carbocycles. The Balaban J connectivity index is 1.80. The molecule has 1 aromatic heterocycles. The molecule has 0 radical (unpaired) electrons. The van der Waals surface area contributed by atoms with Crippen LogP contribution >= 0.6 is 0 Å². The van der Waals surface area contributed by atoms with E-state index in [0.29, 0.717) is 28.5 Å². The van der Waals surface area contributed by atoms with Crippen molar-refractivity contribution in [3.8, 4) is 22.9 Å². The molecule has 1 amide bonds. The zero-order valence-electron chi connectivity index (χ0n) is 16.9. The zero-order valence-corrected chi connectivity index (χ0v) is 16.9. The van der Waals surface area contributed by atoms with E-state index in [1.165, 1.54) is 24.1 Å². The number of hydrogen-bond acceptors (Lipinski definition) is 8. The quantitative estimate of drug-likeness (QED) is 0.428. The van der Waals surface area contributed by atoms with Gasteiger partial charge in [-0.3, -0.25) is 14.9 Å². The first-order valence-corrected chi connectivity index (χ1v) is 8.90. The van der Waals surface area contributed by atoms with Crippen LogP contribution in [0.4, 0.5) is 5.69 Å². The number of amides is 1. The Morgan fingerprint density at radius 3 is 2.67 bits per heavy atom. The van der Waals surface area contributed by atoms with Gasteiger partial charge >= 0.3 is 0 Å². The standard InChI is InChI=1S/C20H20N4O6/c1-12-14(6-5-7-16(12)24(26)27)20(25)23(2)11-18-21-19(22-30-18)15-9-8-13(28-3)10-17(15)29-4/h5-10H,11H2,1-4H3. The lowest BCUT2D eigenvalue weighted by Crippen LogP contribution is -2.27. The van der Waals surface area contributed by atoms with Crippen molar-refractivity contribution in [1.29, 1.82) is 0 Å². The van der Waals surface area contributed by atoms with Crippen LogP contribution in [0.15, 0.2) is 40.9 Å². The van der Waals surface area contributed by atoms with Gasteiger partial charge in [-0.05, 0) is 25.1 Å². The topological polar surface area (TPSA) is 121 Å². The number of benzene rings is 2. The molecule has 1 heterocycles. The summed E-state index contributed by atoms with van der Waals surface area (Å²) in [5, 5.41) is 15.1. The highest BCUT2D eigenvalue weighted by Gasteiger charge is 2.22. The molecule has 0 aliphatic rings. The molecule has 0 fully saturated rings. The van der Waals surface area contributed by atoms with Crippen molar-refractivity contribution in [3.63, 3.8) is 0 Å². The molecule has 156 valence electrons. The minimum atomic E-state index is -0.515.